The number of allylic oxidation sites excluding steroid dienone is 1. The second-order valence-corrected chi connectivity index (χ2v) is 10.2. The molecule has 45 heavy (non-hydrogen) atoms. The summed E-state index contributed by atoms with van der Waals surface area (Å²) in [4.78, 5) is 40.4. The van der Waals surface area contributed by atoms with Crippen LogP contribution in [-0.2, 0) is 4.79 Å². The highest BCUT2D eigenvalue weighted by Crippen LogP contribution is 2.43. The number of halogens is 2. The largest absolute Gasteiger partial charge is 0.493 e. The van der Waals surface area contributed by atoms with E-state index in [1.165, 1.54) is 44.4 Å². The van der Waals surface area contributed by atoms with E-state index in [1.54, 1.807) is 48.5 Å². The molecule has 0 saturated heterocycles. The Morgan fingerprint density at radius 1 is 0.822 bits per heavy atom. The van der Waals surface area contributed by atoms with Crippen LogP contribution in [0.25, 0.3) is 16.7 Å². The first-order chi connectivity index (χ1) is 21.7. The zero-order chi connectivity index (χ0) is 32.1. The van der Waals surface area contributed by atoms with Gasteiger partial charge in [-0.3, -0.25) is 14.4 Å². The Hall–Kier alpha value is -5.51. The molecule has 1 heterocycles. The summed E-state index contributed by atoms with van der Waals surface area (Å²) in [6, 6.07) is 25.0. The van der Waals surface area contributed by atoms with Gasteiger partial charge in [0, 0.05) is 59.6 Å². The molecule has 2 N–H and O–H groups in total. The molecular formula is C35H31F2N3O5. The normalized spacial score (nSPS) is 14.6. The van der Waals surface area contributed by atoms with Crippen LogP contribution in [0, 0.1) is 0 Å². The van der Waals surface area contributed by atoms with Crippen molar-refractivity contribution in [3.63, 3.8) is 0 Å². The first-order valence-electron chi connectivity index (χ1n) is 14.1. The maximum atomic E-state index is 15.2. The van der Waals surface area contributed by atoms with Crippen LogP contribution in [0.5, 0.6) is 11.5 Å². The third kappa shape index (κ3) is 6.26. The molecule has 0 aromatic heterocycles. The van der Waals surface area contributed by atoms with Crippen molar-refractivity contribution in [3.8, 4) is 22.6 Å². The van der Waals surface area contributed by atoms with Crippen LogP contribution in [0.2, 0.25) is 0 Å². The lowest BCUT2D eigenvalue weighted by Gasteiger charge is -2.23. The number of fused-ring (bicyclic) bond motifs is 1. The van der Waals surface area contributed by atoms with Gasteiger partial charge in [0.25, 0.3) is 17.7 Å². The van der Waals surface area contributed by atoms with Gasteiger partial charge in [-0.05, 0) is 48.0 Å². The van der Waals surface area contributed by atoms with Gasteiger partial charge in [-0.15, -0.1) is 0 Å². The summed E-state index contributed by atoms with van der Waals surface area (Å²) < 4.78 is 41.5. The van der Waals surface area contributed by atoms with Crippen LogP contribution < -0.4 is 25.0 Å². The standard InChI is InChI=1S/C35H31F2N3O5/c1-38-31(41)21-28-27-11-6-7-13-29(27)40(20-19-35(28,36)37)34(43)22-15-17-23(18-16-22)39-33(42)26-10-5-4-9-24(26)25-12-8-14-30(44-2)32(25)45-3/h4-18,21H,19-20H2,1-3H3,(H,38,41)(H,39,42). The number of benzene rings is 4. The van der Waals surface area contributed by atoms with E-state index >= 15 is 8.78 Å². The summed E-state index contributed by atoms with van der Waals surface area (Å²) in [5, 5.41) is 5.21. The minimum absolute atomic E-state index is 0.104. The zero-order valence-electron chi connectivity index (χ0n) is 24.9. The van der Waals surface area contributed by atoms with Gasteiger partial charge in [-0.1, -0.05) is 48.5 Å². The predicted molar refractivity (Wildman–Crippen MR) is 169 cm³/mol. The van der Waals surface area contributed by atoms with E-state index in [4.69, 9.17) is 9.47 Å². The molecule has 0 spiro atoms. The molecule has 0 radical (unpaired) electrons. The van der Waals surface area contributed by atoms with E-state index in [1.807, 2.05) is 24.3 Å². The van der Waals surface area contributed by atoms with Crippen molar-refractivity contribution in [2.24, 2.45) is 0 Å². The molecule has 3 amide bonds. The minimum atomic E-state index is -3.34. The molecule has 4 aromatic rings. The molecule has 0 unspecified atom stereocenters. The van der Waals surface area contributed by atoms with Gasteiger partial charge in [0.2, 0.25) is 5.91 Å². The van der Waals surface area contributed by atoms with Crippen molar-refractivity contribution < 1.29 is 32.6 Å². The highest BCUT2D eigenvalue weighted by atomic mass is 19.3. The minimum Gasteiger partial charge on any atom is -0.493 e. The summed E-state index contributed by atoms with van der Waals surface area (Å²) in [6.07, 6.45) is 0.217. The number of ether oxygens (including phenoxy) is 2. The summed E-state index contributed by atoms with van der Waals surface area (Å²) in [6.45, 7) is -0.267. The number of anilines is 2. The smallest absolute Gasteiger partial charge is 0.275 e. The lowest BCUT2D eigenvalue weighted by atomic mass is 9.97. The third-order valence-electron chi connectivity index (χ3n) is 7.55. The van der Waals surface area contributed by atoms with E-state index in [9.17, 15) is 14.4 Å². The molecule has 0 aliphatic carbocycles. The van der Waals surface area contributed by atoms with Gasteiger partial charge in [0.05, 0.1) is 19.9 Å². The Morgan fingerprint density at radius 3 is 2.18 bits per heavy atom. The Kier molecular flexibility index (Phi) is 8.94. The number of methoxy groups -OCH3 is 2. The van der Waals surface area contributed by atoms with Crippen molar-refractivity contribution in [1.82, 2.24) is 5.32 Å². The number of alkyl halides is 2. The Morgan fingerprint density at radius 2 is 1.49 bits per heavy atom. The number of rotatable bonds is 7. The third-order valence-corrected chi connectivity index (χ3v) is 7.55. The fraction of sp³-hybridized carbons (Fsp3) is 0.171. The van der Waals surface area contributed by atoms with E-state index in [-0.39, 0.29) is 29.3 Å². The van der Waals surface area contributed by atoms with Crippen LogP contribution in [0.4, 0.5) is 20.2 Å². The number of nitrogens with one attached hydrogen (secondary N) is 2. The number of hydrogen-bond donors (Lipinski definition) is 2. The van der Waals surface area contributed by atoms with Crippen LogP contribution in [0.15, 0.2) is 97.1 Å². The monoisotopic (exact) mass is 611 g/mol. The van der Waals surface area contributed by atoms with Gasteiger partial charge >= 0.3 is 0 Å². The maximum absolute atomic E-state index is 15.2. The van der Waals surface area contributed by atoms with Gasteiger partial charge in [-0.2, -0.15) is 0 Å². The molecular weight excluding hydrogens is 580 g/mol. The van der Waals surface area contributed by atoms with Gasteiger partial charge < -0.3 is 25.0 Å². The highest BCUT2D eigenvalue weighted by Gasteiger charge is 2.41. The molecule has 0 bridgehead atoms. The number of nitrogens with zero attached hydrogens (tertiary/aromatic N) is 1. The molecule has 0 atom stereocenters. The molecule has 4 aromatic carbocycles. The number of likely N-dealkylation sites (N-methyl/N-ethyl adjacent to an activating group) is 1. The molecule has 10 heteroatoms. The SMILES string of the molecule is CNC(=O)C=C1c2ccccc2N(C(=O)c2ccc(NC(=O)c3ccccc3-c3cccc(OC)c3OC)cc2)CCC1(F)F. The van der Waals surface area contributed by atoms with Gasteiger partial charge in [-0.25, -0.2) is 8.78 Å². The van der Waals surface area contributed by atoms with Crippen LogP contribution in [0.1, 0.15) is 32.7 Å². The Bertz CT molecular complexity index is 1790. The highest BCUT2D eigenvalue weighted by molar-refractivity contribution is 6.11. The van der Waals surface area contributed by atoms with E-state index in [0.29, 0.717) is 33.9 Å². The van der Waals surface area contributed by atoms with Crippen molar-refractivity contribution >= 4 is 34.7 Å². The topological polar surface area (TPSA) is 97.0 Å². The average Bonchev–Trinajstić information content (AvgIpc) is 3.17. The molecule has 0 fully saturated rings. The summed E-state index contributed by atoms with van der Waals surface area (Å²) in [7, 11) is 4.43. The molecule has 230 valence electrons. The second-order valence-electron chi connectivity index (χ2n) is 10.2. The maximum Gasteiger partial charge on any atom is 0.275 e. The van der Waals surface area contributed by atoms with E-state index in [2.05, 4.69) is 10.6 Å². The van der Waals surface area contributed by atoms with Crippen molar-refractivity contribution in [1.29, 1.82) is 0 Å². The first kappa shape index (κ1) is 30.9. The Balaban J connectivity index is 1.40. The molecule has 1 aliphatic heterocycles. The number of para-hydroxylation sites is 2. The van der Waals surface area contributed by atoms with E-state index < -0.39 is 29.7 Å². The molecule has 0 saturated carbocycles. The first-order valence-corrected chi connectivity index (χ1v) is 14.1. The second kappa shape index (κ2) is 13.0. The number of hydrogen-bond acceptors (Lipinski definition) is 5. The van der Waals surface area contributed by atoms with Crippen LogP contribution >= 0.6 is 0 Å². The molecule has 5 rings (SSSR count). The lowest BCUT2D eigenvalue weighted by Crippen LogP contribution is -2.33. The summed E-state index contributed by atoms with van der Waals surface area (Å²) in [5.41, 5.74) is 2.32. The van der Waals surface area contributed by atoms with Crippen molar-refractivity contribution in [2.75, 3.05) is 38.0 Å². The van der Waals surface area contributed by atoms with Crippen molar-refractivity contribution in [3.05, 3.63) is 114 Å². The summed E-state index contributed by atoms with van der Waals surface area (Å²) in [5.74, 6) is -3.85. The average molecular weight is 612 g/mol. The quantitative estimate of drug-likeness (QED) is 0.235. The lowest BCUT2D eigenvalue weighted by molar-refractivity contribution is -0.116. The fourth-order valence-electron chi connectivity index (χ4n) is 5.30. The van der Waals surface area contributed by atoms with Crippen LogP contribution in [-0.4, -0.2) is 51.5 Å². The molecule has 1 aliphatic rings. The van der Waals surface area contributed by atoms with Crippen molar-refractivity contribution in [2.45, 2.75) is 12.3 Å². The number of amides is 3. The number of carbonyl (C=O) groups excluding carboxylic acids is 3. The number of carbonyl (C=O) groups is 3. The Labute approximate surface area is 259 Å². The van der Waals surface area contributed by atoms with Gasteiger partial charge in [0.1, 0.15) is 0 Å². The van der Waals surface area contributed by atoms with Crippen LogP contribution in [0.3, 0.4) is 0 Å². The fourth-order valence-corrected chi connectivity index (χ4v) is 5.30. The zero-order valence-corrected chi connectivity index (χ0v) is 24.9. The summed E-state index contributed by atoms with van der Waals surface area (Å²) >= 11 is 0. The molecule has 8 nitrogen and oxygen atoms in total. The van der Waals surface area contributed by atoms with E-state index in [0.717, 1.165) is 6.08 Å². The van der Waals surface area contributed by atoms with Gasteiger partial charge in [0.15, 0.2) is 11.5 Å². The predicted octanol–water partition coefficient (Wildman–Crippen LogP) is 6.44.